The Morgan fingerprint density at radius 2 is 1.66 bits per heavy atom. The average molecular weight is 473 g/mol. The molecule has 1 aliphatic heterocycles. The van der Waals surface area contributed by atoms with Gasteiger partial charge in [0.05, 0.1) is 11.5 Å². The second kappa shape index (κ2) is 10.2. The van der Waals surface area contributed by atoms with Gasteiger partial charge in [-0.25, -0.2) is 4.79 Å². The number of carbonyl (C=O) groups is 2. The van der Waals surface area contributed by atoms with E-state index in [-0.39, 0.29) is 23.7 Å². The molecule has 0 N–H and O–H groups in total. The Balaban J connectivity index is 1.73. The number of allylic oxidation sites excluding steroid dienone is 1. The minimum Gasteiger partial charge on any atom is -0.457 e. The molecule has 5 heteroatoms. The van der Waals surface area contributed by atoms with Crippen LogP contribution < -0.4 is 4.90 Å². The Bertz CT molecular complexity index is 1140. The van der Waals surface area contributed by atoms with E-state index in [2.05, 4.69) is 56.9 Å². The molecule has 2 unspecified atom stereocenters. The normalized spacial score (nSPS) is 21.3. The number of hydrogen-bond donors (Lipinski definition) is 0. The monoisotopic (exact) mass is 472 g/mol. The van der Waals surface area contributed by atoms with Crippen molar-refractivity contribution in [1.29, 1.82) is 0 Å². The Labute approximate surface area is 208 Å². The van der Waals surface area contributed by atoms with Gasteiger partial charge in [0, 0.05) is 42.5 Å². The van der Waals surface area contributed by atoms with Crippen molar-refractivity contribution in [3.63, 3.8) is 0 Å². The maximum atomic E-state index is 13.5. The first-order chi connectivity index (χ1) is 16.7. The average Bonchev–Trinajstić information content (AvgIpc) is 2.83. The zero-order chi connectivity index (χ0) is 25.2. The van der Waals surface area contributed by atoms with Crippen LogP contribution in [0.4, 0.5) is 5.69 Å². The van der Waals surface area contributed by atoms with Crippen LogP contribution in [0.25, 0.3) is 0 Å². The molecule has 2 aromatic carbocycles. The number of carbonyl (C=O) groups excluding carboxylic acids is 2. The quantitative estimate of drug-likeness (QED) is 0.457. The van der Waals surface area contributed by atoms with Crippen LogP contribution in [-0.2, 0) is 20.9 Å². The van der Waals surface area contributed by atoms with Crippen LogP contribution in [0, 0.1) is 11.3 Å². The summed E-state index contributed by atoms with van der Waals surface area (Å²) in [6.07, 6.45) is 1.23. The summed E-state index contributed by atoms with van der Waals surface area (Å²) in [5, 5.41) is 0. The van der Waals surface area contributed by atoms with Crippen molar-refractivity contribution in [3.05, 3.63) is 77.0 Å². The van der Waals surface area contributed by atoms with Gasteiger partial charge in [0.15, 0.2) is 0 Å². The molecule has 2 aromatic rings. The molecule has 1 fully saturated rings. The maximum Gasteiger partial charge on any atom is 0.336 e. The van der Waals surface area contributed by atoms with Crippen molar-refractivity contribution in [3.8, 4) is 0 Å². The molecule has 0 saturated heterocycles. The van der Waals surface area contributed by atoms with Crippen LogP contribution >= 0.6 is 0 Å². The van der Waals surface area contributed by atoms with E-state index in [0.29, 0.717) is 17.7 Å². The van der Waals surface area contributed by atoms with Crippen LogP contribution in [0.15, 0.2) is 70.9 Å². The van der Waals surface area contributed by atoms with Gasteiger partial charge in [-0.2, -0.15) is 0 Å². The topological polar surface area (TPSA) is 59.0 Å². The van der Waals surface area contributed by atoms with Crippen molar-refractivity contribution >= 4 is 23.2 Å². The van der Waals surface area contributed by atoms with E-state index in [1.54, 1.807) is 0 Å². The highest BCUT2D eigenvalue weighted by Gasteiger charge is 2.47. The first-order valence-corrected chi connectivity index (χ1v) is 12.6. The van der Waals surface area contributed by atoms with E-state index in [4.69, 9.17) is 9.73 Å². The zero-order valence-corrected chi connectivity index (χ0v) is 21.5. The fourth-order valence-electron chi connectivity index (χ4n) is 5.50. The summed E-state index contributed by atoms with van der Waals surface area (Å²) in [5.41, 5.74) is 4.92. The van der Waals surface area contributed by atoms with Gasteiger partial charge in [-0.3, -0.25) is 9.79 Å². The van der Waals surface area contributed by atoms with Crippen molar-refractivity contribution in [2.24, 2.45) is 16.3 Å². The predicted molar refractivity (Wildman–Crippen MR) is 141 cm³/mol. The smallest absolute Gasteiger partial charge is 0.336 e. The lowest BCUT2D eigenvalue weighted by atomic mass is 9.63. The van der Waals surface area contributed by atoms with Crippen molar-refractivity contribution in [1.82, 2.24) is 0 Å². The zero-order valence-electron chi connectivity index (χ0n) is 21.5. The molecular formula is C30H36N2O3. The molecule has 0 bridgehead atoms. The largest absolute Gasteiger partial charge is 0.457 e. The molecule has 1 heterocycles. The minimum atomic E-state index is -0.426. The summed E-state index contributed by atoms with van der Waals surface area (Å²) >= 11 is 0. The molecule has 4 rings (SSSR count). The Hall–Kier alpha value is -3.21. The Morgan fingerprint density at radius 1 is 1.00 bits per heavy atom. The number of rotatable bonds is 7. The molecular weight excluding hydrogens is 436 g/mol. The molecule has 184 valence electrons. The van der Waals surface area contributed by atoms with Crippen LogP contribution in [0.5, 0.6) is 0 Å². The summed E-state index contributed by atoms with van der Waals surface area (Å²) in [4.78, 5) is 34.1. The Morgan fingerprint density at radius 3 is 2.29 bits per heavy atom. The van der Waals surface area contributed by atoms with Gasteiger partial charge in [-0.15, -0.1) is 0 Å². The third-order valence-electron chi connectivity index (χ3n) is 7.18. The second-order valence-electron chi connectivity index (χ2n) is 10.4. The standard InChI is InChI=1S/C30H36N2O3/c1-6-32(7-2)23-15-13-22(14-16-23)27-26(29(34)35-19-21-11-9-8-10-12-21)20(3)31-24-17-30(4,5)18-25(33)28(24)27/h8-16,27-28H,6-7,17-19H2,1-5H3. The number of ketones is 1. The van der Waals surface area contributed by atoms with Crippen LogP contribution in [0.1, 0.15) is 64.5 Å². The predicted octanol–water partition coefficient (Wildman–Crippen LogP) is 6.09. The van der Waals surface area contributed by atoms with E-state index in [0.717, 1.165) is 42.0 Å². The third kappa shape index (κ3) is 5.24. The van der Waals surface area contributed by atoms with Gasteiger partial charge in [0.2, 0.25) is 0 Å². The lowest BCUT2D eigenvalue weighted by molar-refractivity contribution is -0.140. The number of anilines is 1. The van der Waals surface area contributed by atoms with Gasteiger partial charge in [-0.1, -0.05) is 56.3 Å². The number of nitrogens with zero attached hydrogens (tertiary/aromatic N) is 2. The molecule has 0 radical (unpaired) electrons. The summed E-state index contributed by atoms with van der Waals surface area (Å²) in [5.74, 6) is -1.06. The van der Waals surface area contributed by atoms with E-state index in [9.17, 15) is 9.59 Å². The Kier molecular flexibility index (Phi) is 7.25. The molecule has 0 amide bonds. The molecule has 5 nitrogen and oxygen atoms in total. The molecule has 35 heavy (non-hydrogen) atoms. The summed E-state index contributed by atoms with van der Waals surface area (Å²) in [6, 6.07) is 18.0. The van der Waals surface area contributed by atoms with E-state index in [1.165, 1.54) is 0 Å². The van der Waals surface area contributed by atoms with Crippen molar-refractivity contribution < 1.29 is 14.3 Å². The number of fused-ring (bicyclic) bond motifs is 1. The summed E-state index contributed by atoms with van der Waals surface area (Å²) in [6.45, 7) is 12.4. The SMILES string of the molecule is CCN(CC)c1ccc(C2C(C(=O)OCc3ccccc3)=C(C)N=C3CC(C)(C)CC(=O)C32)cc1. The van der Waals surface area contributed by atoms with Crippen molar-refractivity contribution in [2.75, 3.05) is 18.0 Å². The summed E-state index contributed by atoms with van der Waals surface area (Å²) < 4.78 is 5.76. The lowest BCUT2D eigenvalue weighted by Crippen LogP contribution is -2.44. The van der Waals surface area contributed by atoms with Crippen LogP contribution in [0.3, 0.4) is 0 Å². The minimum absolute atomic E-state index is 0.130. The molecule has 0 aromatic heterocycles. The van der Waals surface area contributed by atoms with Gasteiger partial charge in [0.25, 0.3) is 0 Å². The van der Waals surface area contributed by atoms with Gasteiger partial charge >= 0.3 is 5.97 Å². The molecule has 1 aliphatic carbocycles. The third-order valence-corrected chi connectivity index (χ3v) is 7.18. The van der Waals surface area contributed by atoms with Gasteiger partial charge in [0.1, 0.15) is 12.4 Å². The fraction of sp³-hybridized carbons (Fsp3) is 0.433. The van der Waals surface area contributed by atoms with Gasteiger partial charge < -0.3 is 9.64 Å². The number of hydrogen-bond acceptors (Lipinski definition) is 5. The number of Topliss-reactive ketones (excluding diaryl/α,β-unsaturated/α-hetero) is 1. The van der Waals surface area contributed by atoms with Gasteiger partial charge in [-0.05, 0) is 55.9 Å². The van der Waals surface area contributed by atoms with E-state index >= 15 is 0 Å². The first kappa shape index (κ1) is 24.9. The number of benzene rings is 2. The summed E-state index contributed by atoms with van der Waals surface area (Å²) in [7, 11) is 0. The number of aliphatic imine (C=N–C) groups is 1. The van der Waals surface area contributed by atoms with E-state index in [1.807, 2.05) is 37.3 Å². The van der Waals surface area contributed by atoms with Crippen molar-refractivity contribution in [2.45, 2.75) is 60.0 Å². The number of ether oxygens (including phenoxy) is 1. The highest BCUT2D eigenvalue weighted by atomic mass is 16.5. The molecule has 0 spiro atoms. The highest BCUT2D eigenvalue weighted by Crippen LogP contribution is 2.47. The van der Waals surface area contributed by atoms with Crippen LogP contribution in [0.2, 0.25) is 0 Å². The fourth-order valence-corrected chi connectivity index (χ4v) is 5.50. The number of esters is 1. The lowest BCUT2D eigenvalue weighted by Gasteiger charge is -2.41. The second-order valence-corrected chi connectivity index (χ2v) is 10.4. The molecule has 2 aliphatic rings. The van der Waals surface area contributed by atoms with Crippen LogP contribution in [-0.4, -0.2) is 30.6 Å². The maximum absolute atomic E-state index is 13.5. The molecule has 2 atom stereocenters. The van der Waals surface area contributed by atoms with E-state index < -0.39 is 11.9 Å². The first-order valence-electron chi connectivity index (χ1n) is 12.6. The molecule has 1 saturated carbocycles. The highest BCUT2D eigenvalue weighted by molar-refractivity contribution is 6.12.